The zero-order valence-corrected chi connectivity index (χ0v) is 19.8. The van der Waals surface area contributed by atoms with Gasteiger partial charge in [-0.05, 0) is 67.0 Å². The normalized spacial score (nSPS) is 16.3. The van der Waals surface area contributed by atoms with E-state index in [0.29, 0.717) is 27.6 Å². The van der Waals surface area contributed by atoms with Crippen LogP contribution in [0.25, 0.3) is 17.4 Å². The van der Waals surface area contributed by atoms with Crippen LogP contribution in [0.5, 0.6) is 0 Å². The number of aryl methyl sites for hydroxylation is 1. The topological polar surface area (TPSA) is 78.9 Å². The Morgan fingerprint density at radius 3 is 2.72 bits per heavy atom. The van der Waals surface area contributed by atoms with Gasteiger partial charge < -0.3 is 4.42 Å². The van der Waals surface area contributed by atoms with Crippen LogP contribution in [-0.4, -0.2) is 10.9 Å². The molecule has 5 nitrogen and oxygen atoms in total. The van der Waals surface area contributed by atoms with Crippen LogP contribution in [0.2, 0.25) is 5.02 Å². The van der Waals surface area contributed by atoms with Gasteiger partial charge in [-0.2, -0.15) is 5.26 Å². The summed E-state index contributed by atoms with van der Waals surface area (Å²) in [5, 5.41) is 13.5. The van der Waals surface area contributed by atoms with Gasteiger partial charge in [0.05, 0.1) is 5.69 Å². The molecule has 7 heteroatoms. The van der Waals surface area contributed by atoms with Crippen LogP contribution in [0, 0.1) is 22.7 Å². The fourth-order valence-electron chi connectivity index (χ4n) is 3.82. The predicted octanol–water partition coefficient (Wildman–Crippen LogP) is 6.75. The summed E-state index contributed by atoms with van der Waals surface area (Å²) in [6.45, 7) is 6.80. The van der Waals surface area contributed by atoms with Crippen LogP contribution in [0.4, 0.5) is 5.13 Å². The Bertz CT molecular complexity index is 1210. The van der Waals surface area contributed by atoms with Crippen molar-refractivity contribution >= 4 is 40.1 Å². The van der Waals surface area contributed by atoms with Gasteiger partial charge in [-0.15, -0.1) is 11.3 Å². The standard InChI is InChI=1S/C25H24ClN3O2S/c1-25(2,3)17-6-10-20-22(13-17)32-24(28-20)29-23(30)16(14-27)12-19-9-11-21(31-19)15-4-7-18(26)8-5-15/h4-5,7-9,11-12,17H,6,10,13H2,1-3H3,(H,28,29,30)/b16-12+. The molecule has 4 rings (SSSR count). The maximum Gasteiger partial charge on any atom is 0.268 e. The number of nitriles is 1. The molecule has 2 aromatic heterocycles. The van der Waals surface area contributed by atoms with E-state index in [1.807, 2.05) is 18.2 Å². The molecule has 0 saturated carbocycles. The molecular formula is C25H24ClN3O2S. The molecule has 0 bridgehead atoms. The van der Waals surface area contributed by atoms with Gasteiger partial charge in [-0.25, -0.2) is 4.98 Å². The zero-order chi connectivity index (χ0) is 22.9. The first-order valence-electron chi connectivity index (χ1n) is 10.5. The van der Waals surface area contributed by atoms with E-state index < -0.39 is 5.91 Å². The third-order valence-corrected chi connectivity index (χ3v) is 7.08. The quantitative estimate of drug-likeness (QED) is 0.341. The van der Waals surface area contributed by atoms with E-state index >= 15 is 0 Å². The van der Waals surface area contributed by atoms with Crippen molar-refractivity contribution in [2.75, 3.05) is 5.32 Å². The number of amides is 1. The largest absolute Gasteiger partial charge is 0.457 e. The van der Waals surface area contributed by atoms with Crippen LogP contribution in [0.3, 0.4) is 0 Å². The minimum Gasteiger partial charge on any atom is -0.457 e. The second-order valence-electron chi connectivity index (χ2n) is 9.03. The highest BCUT2D eigenvalue weighted by Crippen LogP contribution is 2.40. The second kappa shape index (κ2) is 8.93. The van der Waals surface area contributed by atoms with Gasteiger partial charge in [-0.1, -0.05) is 32.4 Å². The molecule has 0 saturated heterocycles. The van der Waals surface area contributed by atoms with Crippen LogP contribution < -0.4 is 5.32 Å². The number of carbonyl (C=O) groups is 1. The summed E-state index contributed by atoms with van der Waals surface area (Å²) in [5.74, 6) is 1.16. The molecule has 2 heterocycles. The number of fused-ring (bicyclic) bond motifs is 1. The summed E-state index contributed by atoms with van der Waals surface area (Å²) in [6, 6.07) is 12.7. The van der Waals surface area contributed by atoms with Gasteiger partial charge in [0.25, 0.3) is 5.91 Å². The van der Waals surface area contributed by atoms with Gasteiger partial charge >= 0.3 is 0 Å². The highest BCUT2D eigenvalue weighted by Gasteiger charge is 2.31. The number of halogens is 1. The minimum absolute atomic E-state index is 0.0391. The molecule has 1 aliphatic carbocycles. The van der Waals surface area contributed by atoms with E-state index in [1.54, 1.807) is 24.3 Å². The van der Waals surface area contributed by atoms with E-state index in [2.05, 4.69) is 31.1 Å². The molecule has 1 atom stereocenters. The third-order valence-electron chi connectivity index (χ3n) is 5.79. The van der Waals surface area contributed by atoms with Gasteiger partial charge in [0.1, 0.15) is 23.2 Å². The number of anilines is 1. The monoisotopic (exact) mass is 465 g/mol. The van der Waals surface area contributed by atoms with E-state index in [9.17, 15) is 10.1 Å². The predicted molar refractivity (Wildman–Crippen MR) is 128 cm³/mol. The lowest BCUT2D eigenvalue weighted by molar-refractivity contribution is -0.112. The number of furan rings is 1. The molecule has 0 fully saturated rings. The molecule has 0 radical (unpaired) electrons. The number of nitrogens with one attached hydrogen (secondary N) is 1. The Morgan fingerprint density at radius 2 is 2.03 bits per heavy atom. The Hall–Kier alpha value is -2.88. The Balaban J connectivity index is 1.47. The van der Waals surface area contributed by atoms with Crippen LogP contribution in [0.15, 0.2) is 46.4 Å². The number of carbonyl (C=O) groups excluding carboxylic acids is 1. The molecule has 1 aliphatic rings. The number of thiazole rings is 1. The first-order valence-corrected chi connectivity index (χ1v) is 11.7. The average molecular weight is 466 g/mol. The number of hydrogen-bond acceptors (Lipinski definition) is 5. The molecule has 32 heavy (non-hydrogen) atoms. The van der Waals surface area contributed by atoms with Crippen molar-refractivity contribution in [2.24, 2.45) is 11.3 Å². The molecule has 0 aliphatic heterocycles. The Kier molecular flexibility index (Phi) is 6.23. The highest BCUT2D eigenvalue weighted by atomic mass is 35.5. The Morgan fingerprint density at radius 1 is 1.28 bits per heavy atom. The number of aromatic nitrogens is 1. The van der Waals surface area contributed by atoms with Gasteiger partial charge in [0, 0.05) is 21.5 Å². The number of hydrogen-bond donors (Lipinski definition) is 1. The van der Waals surface area contributed by atoms with Gasteiger partial charge in [-0.3, -0.25) is 10.1 Å². The van der Waals surface area contributed by atoms with Crippen LogP contribution >= 0.6 is 22.9 Å². The lowest BCUT2D eigenvalue weighted by Gasteiger charge is -2.33. The van der Waals surface area contributed by atoms with Crippen molar-refractivity contribution in [3.8, 4) is 17.4 Å². The van der Waals surface area contributed by atoms with Crippen molar-refractivity contribution in [1.29, 1.82) is 5.26 Å². The number of nitrogens with zero attached hydrogens (tertiary/aromatic N) is 2. The first kappa shape index (κ1) is 22.3. The maximum absolute atomic E-state index is 12.7. The van der Waals surface area contributed by atoms with E-state index in [4.69, 9.17) is 16.0 Å². The number of benzene rings is 1. The van der Waals surface area contributed by atoms with Crippen molar-refractivity contribution in [1.82, 2.24) is 4.98 Å². The minimum atomic E-state index is -0.490. The molecular weight excluding hydrogens is 442 g/mol. The molecule has 164 valence electrons. The molecule has 1 N–H and O–H groups in total. The molecule has 0 spiro atoms. The summed E-state index contributed by atoms with van der Waals surface area (Å²) in [4.78, 5) is 18.5. The fraction of sp³-hybridized carbons (Fsp3) is 0.320. The summed E-state index contributed by atoms with van der Waals surface area (Å²) in [6.07, 6.45) is 4.45. The highest BCUT2D eigenvalue weighted by molar-refractivity contribution is 7.15. The van der Waals surface area contributed by atoms with Crippen molar-refractivity contribution in [3.05, 3.63) is 63.3 Å². The van der Waals surface area contributed by atoms with Gasteiger partial charge in [0.15, 0.2) is 5.13 Å². The van der Waals surface area contributed by atoms with E-state index in [1.165, 1.54) is 22.3 Å². The maximum atomic E-state index is 12.7. The lowest BCUT2D eigenvalue weighted by atomic mass is 9.73. The number of rotatable bonds is 4. The van der Waals surface area contributed by atoms with E-state index in [-0.39, 0.29) is 11.0 Å². The third kappa shape index (κ3) is 4.95. The van der Waals surface area contributed by atoms with Gasteiger partial charge in [0.2, 0.25) is 0 Å². The molecule has 1 aromatic carbocycles. The van der Waals surface area contributed by atoms with Crippen molar-refractivity contribution in [3.63, 3.8) is 0 Å². The van der Waals surface area contributed by atoms with E-state index in [0.717, 1.165) is 30.5 Å². The van der Waals surface area contributed by atoms with Crippen molar-refractivity contribution in [2.45, 2.75) is 40.0 Å². The van der Waals surface area contributed by atoms with Crippen molar-refractivity contribution < 1.29 is 9.21 Å². The van der Waals surface area contributed by atoms with Crippen LogP contribution in [-0.2, 0) is 17.6 Å². The summed E-state index contributed by atoms with van der Waals surface area (Å²) in [5.41, 5.74) is 2.13. The summed E-state index contributed by atoms with van der Waals surface area (Å²) < 4.78 is 5.79. The fourth-order valence-corrected chi connectivity index (χ4v) is 5.03. The van der Waals surface area contributed by atoms with Crippen LogP contribution in [0.1, 0.15) is 43.5 Å². The zero-order valence-electron chi connectivity index (χ0n) is 18.2. The smallest absolute Gasteiger partial charge is 0.268 e. The average Bonchev–Trinajstić information content (AvgIpc) is 3.37. The first-order chi connectivity index (χ1) is 15.2. The molecule has 3 aromatic rings. The Labute approximate surface area is 196 Å². The second-order valence-corrected chi connectivity index (χ2v) is 10.5. The molecule has 1 unspecified atom stereocenters. The summed E-state index contributed by atoms with van der Waals surface area (Å²) >= 11 is 7.43. The lowest BCUT2D eigenvalue weighted by Crippen LogP contribution is -2.26. The SMILES string of the molecule is CC(C)(C)C1CCc2nc(NC(=O)/C(C#N)=C/c3ccc(-c4ccc(Cl)cc4)o3)sc2C1. The molecule has 1 amide bonds. The summed E-state index contributed by atoms with van der Waals surface area (Å²) in [7, 11) is 0.